The number of carbonyl (C=O) groups excluding carboxylic acids is 1. The molecule has 2 aromatic carbocycles. The highest BCUT2D eigenvalue weighted by Crippen LogP contribution is 2.25. The van der Waals surface area contributed by atoms with E-state index in [9.17, 15) is 14.3 Å². The van der Waals surface area contributed by atoms with E-state index in [1.165, 1.54) is 5.56 Å². The first-order valence-electron chi connectivity index (χ1n) is 13.4. The number of nitrogens with zero attached hydrogens (tertiary/aromatic N) is 1. The van der Waals surface area contributed by atoms with Crippen molar-refractivity contribution in [2.45, 2.75) is 84.0 Å². The van der Waals surface area contributed by atoms with Crippen molar-refractivity contribution < 1.29 is 23.8 Å². The minimum absolute atomic E-state index is 0.134. The summed E-state index contributed by atoms with van der Waals surface area (Å²) in [7, 11) is 0. The zero-order valence-corrected chi connectivity index (χ0v) is 22.0. The van der Waals surface area contributed by atoms with Gasteiger partial charge in [0.15, 0.2) is 0 Å². The fourth-order valence-electron chi connectivity index (χ4n) is 5.05. The van der Waals surface area contributed by atoms with Gasteiger partial charge in [0.2, 0.25) is 0 Å². The molecule has 1 fully saturated rings. The number of hydrogen-bond acceptors (Lipinski definition) is 5. The van der Waals surface area contributed by atoms with Gasteiger partial charge in [0.1, 0.15) is 5.82 Å². The number of rotatable bonds is 14. The lowest BCUT2D eigenvalue weighted by Gasteiger charge is -2.28. The SMILES string of the molecule is CCOC(=O)CCCCc1ccccc1[C@@H](C)OC[C@@H](O)CN1CCC[C@H]1Cc1ccc(C)c(F)c1. The molecule has 0 saturated carbocycles. The zero-order chi connectivity index (χ0) is 25.9. The molecule has 1 heterocycles. The number of benzene rings is 2. The number of ether oxygens (including phenoxy) is 2. The van der Waals surface area contributed by atoms with Gasteiger partial charge in [0, 0.05) is 19.0 Å². The average molecular weight is 500 g/mol. The summed E-state index contributed by atoms with van der Waals surface area (Å²) in [5, 5.41) is 10.7. The van der Waals surface area contributed by atoms with Crippen molar-refractivity contribution >= 4 is 5.97 Å². The second-order valence-corrected chi connectivity index (χ2v) is 9.92. The van der Waals surface area contributed by atoms with Crippen molar-refractivity contribution in [1.29, 1.82) is 0 Å². The summed E-state index contributed by atoms with van der Waals surface area (Å²) in [6, 6.07) is 14.0. The molecule has 1 aliphatic heterocycles. The van der Waals surface area contributed by atoms with E-state index in [0.717, 1.165) is 56.2 Å². The van der Waals surface area contributed by atoms with Gasteiger partial charge in [-0.25, -0.2) is 4.39 Å². The highest BCUT2D eigenvalue weighted by molar-refractivity contribution is 5.69. The van der Waals surface area contributed by atoms with Crippen molar-refractivity contribution in [2.24, 2.45) is 0 Å². The van der Waals surface area contributed by atoms with Crippen LogP contribution >= 0.6 is 0 Å². The molecule has 1 N–H and O–H groups in total. The van der Waals surface area contributed by atoms with E-state index < -0.39 is 6.10 Å². The van der Waals surface area contributed by atoms with Crippen LogP contribution in [0.2, 0.25) is 0 Å². The van der Waals surface area contributed by atoms with Crippen molar-refractivity contribution in [1.82, 2.24) is 4.90 Å². The Hall–Kier alpha value is -2.28. The predicted octanol–water partition coefficient (Wildman–Crippen LogP) is 5.56. The third-order valence-electron chi connectivity index (χ3n) is 7.07. The normalized spacial score (nSPS) is 17.8. The molecule has 0 aromatic heterocycles. The Balaban J connectivity index is 1.46. The van der Waals surface area contributed by atoms with E-state index in [0.29, 0.717) is 31.2 Å². The number of carbonyl (C=O) groups is 1. The maximum absolute atomic E-state index is 14.0. The molecule has 0 bridgehead atoms. The highest BCUT2D eigenvalue weighted by atomic mass is 19.1. The Labute approximate surface area is 215 Å². The van der Waals surface area contributed by atoms with Crippen LogP contribution in [0, 0.1) is 12.7 Å². The molecule has 3 atom stereocenters. The zero-order valence-electron chi connectivity index (χ0n) is 22.0. The van der Waals surface area contributed by atoms with Crippen LogP contribution < -0.4 is 0 Å². The van der Waals surface area contributed by atoms with Gasteiger partial charge in [-0.2, -0.15) is 0 Å². The van der Waals surface area contributed by atoms with Crippen LogP contribution in [0.4, 0.5) is 4.39 Å². The lowest BCUT2D eigenvalue weighted by molar-refractivity contribution is -0.143. The molecule has 1 aliphatic rings. The molecule has 6 heteroatoms. The summed E-state index contributed by atoms with van der Waals surface area (Å²) < 4.78 is 25.1. The third kappa shape index (κ3) is 8.68. The summed E-state index contributed by atoms with van der Waals surface area (Å²) in [5.41, 5.74) is 4.02. The first-order chi connectivity index (χ1) is 17.4. The third-order valence-corrected chi connectivity index (χ3v) is 7.07. The van der Waals surface area contributed by atoms with E-state index in [1.54, 1.807) is 13.0 Å². The van der Waals surface area contributed by atoms with Crippen molar-refractivity contribution in [3.63, 3.8) is 0 Å². The molecule has 0 spiro atoms. The average Bonchev–Trinajstić information content (AvgIpc) is 3.29. The molecule has 0 unspecified atom stereocenters. The molecule has 0 radical (unpaired) electrons. The number of esters is 1. The van der Waals surface area contributed by atoms with Crippen LogP contribution in [0.3, 0.4) is 0 Å². The lowest BCUT2D eigenvalue weighted by Crippen LogP contribution is -2.39. The maximum atomic E-state index is 14.0. The molecule has 0 amide bonds. The molecule has 1 saturated heterocycles. The Morgan fingerprint density at radius 1 is 1.22 bits per heavy atom. The topological polar surface area (TPSA) is 59.0 Å². The monoisotopic (exact) mass is 499 g/mol. The molecule has 5 nitrogen and oxygen atoms in total. The van der Waals surface area contributed by atoms with E-state index in [-0.39, 0.29) is 24.5 Å². The van der Waals surface area contributed by atoms with Crippen molar-refractivity contribution in [2.75, 3.05) is 26.3 Å². The molecule has 2 aromatic rings. The summed E-state index contributed by atoms with van der Waals surface area (Å²) in [6.45, 7) is 7.82. The van der Waals surface area contributed by atoms with Gasteiger partial charge in [-0.05, 0) is 94.2 Å². The fourth-order valence-corrected chi connectivity index (χ4v) is 5.05. The van der Waals surface area contributed by atoms with Crippen LogP contribution in [-0.2, 0) is 27.1 Å². The van der Waals surface area contributed by atoms with Crippen LogP contribution in [-0.4, -0.2) is 54.4 Å². The highest BCUT2D eigenvalue weighted by Gasteiger charge is 2.27. The summed E-state index contributed by atoms with van der Waals surface area (Å²) >= 11 is 0. The van der Waals surface area contributed by atoms with Gasteiger partial charge in [-0.15, -0.1) is 0 Å². The molecule has 198 valence electrons. The van der Waals surface area contributed by atoms with Crippen LogP contribution in [0.5, 0.6) is 0 Å². The van der Waals surface area contributed by atoms with E-state index in [1.807, 2.05) is 38.1 Å². The van der Waals surface area contributed by atoms with E-state index >= 15 is 0 Å². The fraction of sp³-hybridized carbons (Fsp3) is 0.567. The number of hydrogen-bond donors (Lipinski definition) is 1. The number of β-amino-alcohol motifs (C(OH)–C–C–N with tert-alkyl or cyclic N) is 1. The Morgan fingerprint density at radius 2 is 2.03 bits per heavy atom. The van der Waals surface area contributed by atoms with Crippen molar-refractivity contribution in [3.8, 4) is 0 Å². The number of aliphatic hydroxyl groups excluding tert-OH is 1. The van der Waals surface area contributed by atoms with E-state index in [4.69, 9.17) is 9.47 Å². The number of unbranched alkanes of at least 4 members (excludes halogenated alkanes) is 1. The molecular formula is C30H42FNO4. The number of aliphatic hydroxyl groups is 1. The maximum Gasteiger partial charge on any atom is 0.305 e. The smallest absolute Gasteiger partial charge is 0.305 e. The minimum Gasteiger partial charge on any atom is -0.466 e. The quantitative estimate of drug-likeness (QED) is 0.273. The van der Waals surface area contributed by atoms with Crippen LogP contribution in [0.15, 0.2) is 42.5 Å². The first kappa shape index (κ1) is 28.3. The largest absolute Gasteiger partial charge is 0.466 e. The van der Waals surface area contributed by atoms with Gasteiger partial charge < -0.3 is 14.6 Å². The Bertz CT molecular complexity index is 966. The Morgan fingerprint density at radius 3 is 2.81 bits per heavy atom. The molecule has 3 rings (SSSR count). The van der Waals surface area contributed by atoms with Crippen LogP contribution in [0.1, 0.15) is 74.3 Å². The summed E-state index contributed by atoms with van der Waals surface area (Å²) in [5.74, 6) is -0.290. The van der Waals surface area contributed by atoms with Gasteiger partial charge in [-0.3, -0.25) is 9.69 Å². The van der Waals surface area contributed by atoms with Gasteiger partial charge in [-0.1, -0.05) is 36.4 Å². The predicted molar refractivity (Wildman–Crippen MR) is 140 cm³/mol. The number of aryl methyl sites for hydroxylation is 2. The van der Waals surface area contributed by atoms with Gasteiger partial charge in [0.05, 0.1) is 25.4 Å². The first-order valence-corrected chi connectivity index (χ1v) is 13.4. The van der Waals surface area contributed by atoms with E-state index in [2.05, 4.69) is 17.0 Å². The summed E-state index contributed by atoms with van der Waals surface area (Å²) in [6.07, 6.45) is 5.26. The second kappa shape index (κ2) is 14.5. The second-order valence-electron chi connectivity index (χ2n) is 9.92. The van der Waals surface area contributed by atoms with Gasteiger partial charge >= 0.3 is 5.97 Å². The molecule has 0 aliphatic carbocycles. The molecule has 36 heavy (non-hydrogen) atoms. The number of halogens is 1. The summed E-state index contributed by atoms with van der Waals surface area (Å²) in [4.78, 5) is 13.9. The lowest BCUT2D eigenvalue weighted by atomic mass is 9.98. The minimum atomic E-state index is -0.584. The molecular weight excluding hydrogens is 457 g/mol. The van der Waals surface area contributed by atoms with Crippen LogP contribution in [0.25, 0.3) is 0 Å². The standard InChI is InChI=1S/C30H42FNO4/c1-4-35-30(34)14-8-6-11-25-10-5-7-13-28(25)23(3)36-21-27(33)20-32-17-9-12-26(32)18-24-16-15-22(2)29(31)19-24/h5,7,10,13,15-16,19,23,26-27,33H,4,6,8-9,11-12,14,17-18,20-21H2,1-3H3/t23-,26+,27+/m1/s1. The Kier molecular flexibility index (Phi) is 11.4. The van der Waals surface area contributed by atoms with Crippen molar-refractivity contribution in [3.05, 3.63) is 70.5 Å². The van der Waals surface area contributed by atoms with Gasteiger partial charge in [0.25, 0.3) is 0 Å². The number of likely N-dealkylation sites (tertiary alicyclic amines) is 1.